The first-order valence-corrected chi connectivity index (χ1v) is 6.34. The number of thiazole rings is 1. The van der Waals surface area contributed by atoms with Gasteiger partial charge in [0.25, 0.3) is 0 Å². The quantitative estimate of drug-likeness (QED) is 0.780. The fourth-order valence-corrected chi connectivity index (χ4v) is 2.36. The highest BCUT2D eigenvalue weighted by molar-refractivity contribution is 7.09. The summed E-state index contributed by atoms with van der Waals surface area (Å²) in [6.45, 7) is 3.49. The van der Waals surface area contributed by atoms with E-state index in [1.54, 1.807) is 11.3 Å². The Balaban J connectivity index is 1.60. The van der Waals surface area contributed by atoms with E-state index in [2.05, 4.69) is 22.6 Å². The lowest BCUT2D eigenvalue weighted by Crippen LogP contribution is -2.19. The largest absolute Gasteiger partial charge is 0.314 e. The second-order valence-electron chi connectivity index (χ2n) is 4.25. The summed E-state index contributed by atoms with van der Waals surface area (Å²) in [6.07, 6.45) is 7.09. The molecule has 0 radical (unpaired) electrons. The normalized spacial score (nSPS) is 18.4. The zero-order chi connectivity index (χ0) is 9.80. The molecule has 0 aliphatic heterocycles. The molecule has 0 spiro atoms. The molecule has 78 valence electrons. The van der Waals surface area contributed by atoms with Crippen LogP contribution in [0.25, 0.3) is 0 Å². The second kappa shape index (κ2) is 4.89. The van der Waals surface area contributed by atoms with Crippen molar-refractivity contribution in [3.8, 4) is 0 Å². The van der Waals surface area contributed by atoms with Gasteiger partial charge in [-0.3, -0.25) is 0 Å². The van der Waals surface area contributed by atoms with Crippen LogP contribution in [0.1, 0.15) is 31.2 Å². The van der Waals surface area contributed by atoms with Crippen molar-refractivity contribution in [2.45, 2.75) is 38.6 Å². The van der Waals surface area contributed by atoms with E-state index in [1.165, 1.54) is 30.8 Å². The van der Waals surface area contributed by atoms with Gasteiger partial charge in [0.1, 0.15) is 0 Å². The van der Waals surface area contributed by atoms with Gasteiger partial charge in [-0.25, -0.2) is 4.98 Å². The molecule has 1 aromatic rings. The SMILES string of the molecule is CC(CCNC1CC1)Cc1nccs1. The van der Waals surface area contributed by atoms with Gasteiger partial charge in [-0.1, -0.05) is 6.92 Å². The molecule has 2 rings (SSSR count). The first-order chi connectivity index (χ1) is 6.84. The van der Waals surface area contributed by atoms with Gasteiger partial charge in [-0.15, -0.1) is 11.3 Å². The molecule has 1 aliphatic carbocycles. The fraction of sp³-hybridized carbons (Fsp3) is 0.727. The molecule has 3 heteroatoms. The van der Waals surface area contributed by atoms with Crippen LogP contribution in [-0.4, -0.2) is 17.6 Å². The van der Waals surface area contributed by atoms with E-state index >= 15 is 0 Å². The van der Waals surface area contributed by atoms with Crippen LogP contribution in [0, 0.1) is 5.92 Å². The van der Waals surface area contributed by atoms with Crippen molar-refractivity contribution < 1.29 is 0 Å². The minimum Gasteiger partial charge on any atom is -0.314 e. The van der Waals surface area contributed by atoms with Crippen LogP contribution in [0.2, 0.25) is 0 Å². The van der Waals surface area contributed by atoms with Gasteiger partial charge in [0.05, 0.1) is 5.01 Å². The number of hydrogen-bond acceptors (Lipinski definition) is 3. The molecule has 0 amide bonds. The highest BCUT2D eigenvalue weighted by atomic mass is 32.1. The first-order valence-electron chi connectivity index (χ1n) is 5.46. The predicted octanol–water partition coefficient (Wildman–Crippen LogP) is 2.46. The van der Waals surface area contributed by atoms with Crippen LogP contribution in [0.15, 0.2) is 11.6 Å². The Labute approximate surface area is 89.8 Å². The van der Waals surface area contributed by atoms with E-state index in [0.29, 0.717) is 0 Å². The minimum absolute atomic E-state index is 0.757. The molecule has 1 unspecified atom stereocenters. The van der Waals surface area contributed by atoms with E-state index < -0.39 is 0 Å². The molecule has 2 nitrogen and oxygen atoms in total. The van der Waals surface area contributed by atoms with Crippen molar-refractivity contribution >= 4 is 11.3 Å². The van der Waals surface area contributed by atoms with E-state index in [4.69, 9.17) is 0 Å². The third-order valence-corrected chi connectivity index (χ3v) is 3.46. The first kappa shape index (κ1) is 10.1. The molecule has 14 heavy (non-hydrogen) atoms. The lowest BCUT2D eigenvalue weighted by molar-refractivity contribution is 0.497. The van der Waals surface area contributed by atoms with Crippen molar-refractivity contribution in [1.82, 2.24) is 10.3 Å². The zero-order valence-corrected chi connectivity index (χ0v) is 9.52. The number of nitrogens with zero attached hydrogens (tertiary/aromatic N) is 1. The zero-order valence-electron chi connectivity index (χ0n) is 8.70. The van der Waals surface area contributed by atoms with E-state index in [0.717, 1.165) is 18.4 Å². The molecule has 1 heterocycles. The highest BCUT2D eigenvalue weighted by Gasteiger charge is 2.19. The van der Waals surface area contributed by atoms with Gasteiger partial charge in [-0.2, -0.15) is 0 Å². The summed E-state index contributed by atoms with van der Waals surface area (Å²) in [5.41, 5.74) is 0. The third kappa shape index (κ3) is 3.39. The maximum Gasteiger partial charge on any atom is 0.0927 e. The van der Waals surface area contributed by atoms with E-state index in [-0.39, 0.29) is 0 Å². The molecular weight excluding hydrogens is 192 g/mol. The Morgan fingerprint density at radius 3 is 3.14 bits per heavy atom. The van der Waals surface area contributed by atoms with Gasteiger partial charge in [0, 0.05) is 24.0 Å². The number of hydrogen-bond donors (Lipinski definition) is 1. The summed E-state index contributed by atoms with van der Waals surface area (Å²) in [7, 11) is 0. The van der Waals surface area contributed by atoms with Gasteiger partial charge < -0.3 is 5.32 Å². The third-order valence-electron chi connectivity index (χ3n) is 2.65. The number of nitrogens with one attached hydrogen (secondary N) is 1. The molecule has 1 saturated carbocycles. The van der Waals surface area contributed by atoms with Crippen LogP contribution in [0.4, 0.5) is 0 Å². The average molecular weight is 210 g/mol. The van der Waals surface area contributed by atoms with Crippen molar-refractivity contribution in [2.75, 3.05) is 6.54 Å². The second-order valence-corrected chi connectivity index (χ2v) is 5.23. The van der Waals surface area contributed by atoms with Crippen molar-refractivity contribution in [3.05, 3.63) is 16.6 Å². The molecule has 1 N–H and O–H groups in total. The molecule has 0 bridgehead atoms. The predicted molar refractivity (Wildman–Crippen MR) is 60.6 cm³/mol. The molecule has 1 atom stereocenters. The Morgan fingerprint density at radius 1 is 1.64 bits per heavy atom. The maximum atomic E-state index is 4.31. The minimum atomic E-state index is 0.757. The molecule has 1 aromatic heterocycles. The summed E-state index contributed by atoms with van der Waals surface area (Å²) in [5.74, 6) is 0.757. The lowest BCUT2D eigenvalue weighted by atomic mass is 10.0. The van der Waals surface area contributed by atoms with E-state index in [1.807, 2.05) is 6.20 Å². The van der Waals surface area contributed by atoms with Crippen LogP contribution < -0.4 is 5.32 Å². The Kier molecular flexibility index (Phi) is 3.54. The topological polar surface area (TPSA) is 24.9 Å². The van der Waals surface area contributed by atoms with Gasteiger partial charge >= 0.3 is 0 Å². The van der Waals surface area contributed by atoms with Crippen LogP contribution in [0.3, 0.4) is 0 Å². The van der Waals surface area contributed by atoms with Gasteiger partial charge in [0.15, 0.2) is 0 Å². The summed E-state index contributed by atoms with van der Waals surface area (Å²) < 4.78 is 0. The standard InChI is InChI=1S/C11H18N2S/c1-9(4-5-12-10-2-3-10)8-11-13-6-7-14-11/h6-7,9-10,12H,2-5,8H2,1H3. The highest BCUT2D eigenvalue weighted by Crippen LogP contribution is 2.19. The van der Waals surface area contributed by atoms with Crippen LogP contribution in [-0.2, 0) is 6.42 Å². The molecule has 1 aliphatic rings. The summed E-state index contributed by atoms with van der Waals surface area (Å²) in [5, 5.41) is 6.89. The van der Waals surface area contributed by atoms with Crippen molar-refractivity contribution in [1.29, 1.82) is 0 Å². The molecular formula is C11H18N2S. The van der Waals surface area contributed by atoms with Crippen molar-refractivity contribution in [3.63, 3.8) is 0 Å². The summed E-state index contributed by atoms with van der Waals surface area (Å²) in [4.78, 5) is 4.31. The Bertz CT molecular complexity index is 254. The maximum absolute atomic E-state index is 4.31. The Hall–Kier alpha value is -0.410. The summed E-state index contributed by atoms with van der Waals surface area (Å²) >= 11 is 1.77. The summed E-state index contributed by atoms with van der Waals surface area (Å²) in [6, 6.07) is 0.849. The lowest BCUT2D eigenvalue weighted by Gasteiger charge is -2.09. The van der Waals surface area contributed by atoms with Gasteiger partial charge in [-0.05, 0) is 31.7 Å². The Morgan fingerprint density at radius 2 is 2.50 bits per heavy atom. The number of aromatic nitrogens is 1. The van der Waals surface area contributed by atoms with E-state index in [9.17, 15) is 0 Å². The van der Waals surface area contributed by atoms with Crippen LogP contribution in [0.5, 0.6) is 0 Å². The fourth-order valence-electron chi connectivity index (χ4n) is 1.58. The van der Waals surface area contributed by atoms with Gasteiger partial charge in [0.2, 0.25) is 0 Å². The average Bonchev–Trinajstić information content (AvgIpc) is 2.83. The molecule has 1 fully saturated rings. The monoisotopic (exact) mass is 210 g/mol. The van der Waals surface area contributed by atoms with Crippen molar-refractivity contribution in [2.24, 2.45) is 5.92 Å². The molecule has 0 saturated heterocycles. The number of rotatable bonds is 6. The molecule has 0 aromatic carbocycles. The smallest absolute Gasteiger partial charge is 0.0927 e. The van der Waals surface area contributed by atoms with Crippen LogP contribution >= 0.6 is 11.3 Å².